The first kappa shape index (κ1) is 14.6. The van der Waals surface area contributed by atoms with Gasteiger partial charge in [0.1, 0.15) is 5.75 Å². The van der Waals surface area contributed by atoms with E-state index in [4.69, 9.17) is 22.1 Å². The Morgan fingerprint density at radius 1 is 1.20 bits per heavy atom. The van der Waals surface area contributed by atoms with E-state index in [1.807, 2.05) is 24.3 Å². The van der Waals surface area contributed by atoms with Gasteiger partial charge >= 0.3 is 0 Å². The highest BCUT2D eigenvalue weighted by Crippen LogP contribution is 2.24. The smallest absolute Gasteiger partial charge is 0.171 e. The van der Waals surface area contributed by atoms with Gasteiger partial charge in [0, 0.05) is 18.0 Å². The number of ether oxygens (including phenoxy) is 1. The molecular formula is C16H16ClNO2. The van der Waals surface area contributed by atoms with E-state index in [-0.39, 0.29) is 12.2 Å². The molecule has 0 saturated carbocycles. The molecule has 0 saturated heterocycles. The molecule has 0 fully saturated rings. The van der Waals surface area contributed by atoms with Gasteiger partial charge in [0.2, 0.25) is 0 Å². The predicted molar refractivity (Wildman–Crippen MR) is 80.4 cm³/mol. The van der Waals surface area contributed by atoms with Crippen molar-refractivity contribution in [3.63, 3.8) is 0 Å². The molecule has 0 bridgehead atoms. The van der Waals surface area contributed by atoms with Crippen molar-refractivity contribution in [1.29, 1.82) is 0 Å². The first-order chi connectivity index (χ1) is 9.65. The molecule has 0 heterocycles. The SMILES string of the molecule is COc1ccc(Cl)cc1C(=O)Cc1ccccc1CN. The van der Waals surface area contributed by atoms with Crippen LogP contribution in [0.1, 0.15) is 21.5 Å². The van der Waals surface area contributed by atoms with Crippen LogP contribution in [0.4, 0.5) is 0 Å². The van der Waals surface area contributed by atoms with E-state index in [1.165, 1.54) is 7.11 Å². The Kier molecular flexibility index (Phi) is 4.77. The highest BCUT2D eigenvalue weighted by Gasteiger charge is 2.14. The molecule has 0 radical (unpaired) electrons. The normalized spacial score (nSPS) is 10.3. The Hall–Kier alpha value is -1.84. The van der Waals surface area contributed by atoms with Crippen molar-refractivity contribution in [2.45, 2.75) is 13.0 Å². The fourth-order valence-electron chi connectivity index (χ4n) is 2.10. The van der Waals surface area contributed by atoms with E-state index in [0.29, 0.717) is 22.9 Å². The average Bonchev–Trinajstić information content (AvgIpc) is 2.47. The Morgan fingerprint density at radius 2 is 1.90 bits per heavy atom. The first-order valence-electron chi connectivity index (χ1n) is 6.29. The topological polar surface area (TPSA) is 52.3 Å². The molecule has 2 N–H and O–H groups in total. The summed E-state index contributed by atoms with van der Waals surface area (Å²) in [6.07, 6.45) is 0.282. The van der Waals surface area contributed by atoms with Gasteiger partial charge in [-0.2, -0.15) is 0 Å². The monoisotopic (exact) mass is 289 g/mol. The average molecular weight is 290 g/mol. The van der Waals surface area contributed by atoms with Gasteiger partial charge in [-0.3, -0.25) is 4.79 Å². The van der Waals surface area contributed by atoms with Crippen molar-refractivity contribution in [3.05, 3.63) is 64.2 Å². The number of nitrogens with two attached hydrogens (primary N) is 1. The Morgan fingerprint density at radius 3 is 2.55 bits per heavy atom. The second kappa shape index (κ2) is 6.55. The number of rotatable bonds is 5. The maximum absolute atomic E-state index is 12.4. The van der Waals surface area contributed by atoms with E-state index < -0.39 is 0 Å². The fraction of sp³-hybridized carbons (Fsp3) is 0.188. The Labute approximate surface area is 123 Å². The van der Waals surface area contributed by atoms with E-state index in [0.717, 1.165) is 11.1 Å². The summed E-state index contributed by atoms with van der Waals surface area (Å²) in [5.41, 5.74) is 8.09. The maximum Gasteiger partial charge on any atom is 0.171 e. The van der Waals surface area contributed by atoms with Gasteiger partial charge in [0.15, 0.2) is 5.78 Å². The van der Waals surface area contributed by atoms with Crippen LogP contribution in [-0.2, 0) is 13.0 Å². The molecule has 0 aliphatic heterocycles. The molecule has 0 aliphatic carbocycles. The molecule has 2 rings (SSSR count). The van der Waals surface area contributed by atoms with Gasteiger partial charge in [0.05, 0.1) is 12.7 Å². The molecule has 0 atom stereocenters. The van der Waals surface area contributed by atoms with Crippen molar-refractivity contribution in [2.75, 3.05) is 7.11 Å². The maximum atomic E-state index is 12.4. The third-order valence-corrected chi connectivity index (χ3v) is 3.39. The molecule has 104 valence electrons. The summed E-state index contributed by atoms with van der Waals surface area (Å²) < 4.78 is 5.21. The number of methoxy groups -OCH3 is 1. The number of carbonyl (C=O) groups excluding carboxylic acids is 1. The Balaban J connectivity index is 2.30. The highest BCUT2D eigenvalue weighted by molar-refractivity contribution is 6.31. The van der Waals surface area contributed by atoms with Crippen molar-refractivity contribution >= 4 is 17.4 Å². The van der Waals surface area contributed by atoms with Crippen LogP contribution in [0.3, 0.4) is 0 Å². The zero-order valence-corrected chi connectivity index (χ0v) is 12.0. The number of ketones is 1. The molecule has 0 unspecified atom stereocenters. The zero-order chi connectivity index (χ0) is 14.5. The third-order valence-electron chi connectivity index (χ3n) is 3.15. The van der Waals surface area contributed by atoms with Crippen molar-refractivity contribution in [3.8, 4) is 5.75 Å². The highest BCUT2D eigenvalue weighted by atomic mass is 35.5. The van der Waals surface area contributed by atoms with Crippen molar-refractivity contribution in [1.82, 2.24) is 0 Å². The summed E-state index contributed by atoms with van der Waals surface area (Å²) in [7, 11) is 1.54. The van der Waals surface area contributed by atoms with E-state index in [2.05, 4.69) is 0 Å². The lowest BCUT2D eigenvalue weighted by molar-refractivity contribution is 0.0990. The summed E-state index contributed by atoms with van der Waals surface area (Å²) in [5.74, 6) is 0.495. The quantitative estimate of drug-likeness (QED) is 0.860. The molecule has 2 aromatic carbocycles. The van der Waals surface area contributed by atoms with Crippen LogP contribution in [0.5, 0.6) is 5.75 Å². The van der Waals surface area contributed by atoms with Gasteiger partial charge in [0.25, 0.3) is 0 Å². The summed E-state index contributed by atoms with van der Waals surface area (Å²) in [4.78, 5) is 12.4. The van der Waals surface area contributed by atoms with Gasteiger partial charge in [-0.05, 0) is 29.3 Å². The van der Waals surface area contributed by atoms with Crippen LogP contribution in [0.15, 0.2) is 42.5 Å². The molecule has 2 aromatic rings. The first-order valence-corrected chi connectivity index (χ1v) is 6.67. The minimum atomic E-state index is -0.0368. The van der Waals surface area contributed by atoms with Crippen LogP contribution in [0.2, 0.25) is 5.02 Å². The number of carbonyl (C=O) groups is 1. The number of Topliss-reactive ketones (excluding diaryl/α,β-unsaturated/α-hetero) is 1. The van der Waals surface area contributed by atoms with Crippen LogP contribution < -0.4 is 10.5 Å². The molecular weight excluding hydrogens is 274 g/mol. The number of hydrogen-bond donors (Lipinski definition) is 1. The lowest BCUT2D eigenvalue weighted by atomic mass is 9.98. The van der Waals surface area contributed by atoms with Crippen molar-refractivity contribution in [2.24, 2.45) is 5.73 Å². The van der Waals surface area contributed by atoms with Gasteiger partial charge < -0.3 is 10.5 Å². The lowest BCUT2D eigenvalue weighted by Crippen LogP contribution is -2.09. The van der Waals surface area contributed by atoms with Crippen molar-refractivity contribution < 1.29 is 9.53 Å². The zero-order valence-electron chi connectivity index (χ0n) is 11.2. The summed E-state index contributed by atoms with van der Waals surface area (Å²) >= 11 is 5.95. The predicted octanol–water partition coefficient (Wildman–Crippen LogP) is 3.23. The summed E-state index contributed by atoms with van der Waals surface area (Å²) in [6, 6.07) is 12.7. The van der Waals surface area contributed by atoms with Crippen LogP contribution in [-0.4, -0.2) is 12.9 Å². The lowest BCUT2D eigenvalue weighted by Gasteiger charge is -2.10. The van der Waals surface area contributed by atoms with E-state index in [9.17, 15) is 4.79 Å². The fourth-order valence-corrected chi connectivity index (χ4v) is 2.27. The van der Waals surface area contributed by atoms with Gasteiger partial charge in [-0.25, -0.2) is 0 Å². The molecule has 0 spiro atoms. The second-order valence-electron chi connectivity index (χ2n) is 4.42. The van der Waals surface area contributed by atoms with Gasteiger partial charge in [-0.15, -0.1) is 0 Å². The van der Waals surface area contributed by atoms with E-state index in [1.54, 1.807) is 18.2 Å². The summed E-state index contributed by atoms with van der Waals surface area (Å²) in [6.45, 7) is 0.413. The van der Waals surface area contributed by atoms with Crippen LogP contribution >= 0.6 is 11.6 Å². The molecule has 0 amide bonds. The van der Waals surface area contributed by atoms with Crippen LogP contribution in [0.25, 0.3) is 0 Å². The molecule has 0 aliphatic rings. The van der Waals surface area contributed by atoms with Crippen LogP contribution in [0, 0.1) is 0 Å². The number of benzene rings is 2. The minimum Gasteiger partial charge on any atom is -0.496 e. The minimum absolute atomic E-state index is 0.0368. The largest absolute Gasteiger partial charge is 0.496 e. The molecule has 0 aromatic heterocycles. The number of halogens is 1. The molecule has 4 heteroatoms. The molecule has 20 heavy (non-hydrogen) atoms. The van der Waals surface area contributed by atoms with E-state index >= 15 is 0 Å². The second-order valence-corrected chi connectivity index (χ2v) is 4.85. The third kappa shape index (κ3) is 3.18. The molecule has 3 nitrogen and oxygen atoms in total. The number of hydrogen-bond acceptors (Lipinski definition) is 3. The Bertz CT molecular complexity index is 626. The van der Waals surface area contributed by atoms with Gasteiger partial charge in [-0.1, -0.05) is 35.9 Å². The summed E-state index contributed by atoms with van der Waals surface area (Å²) in [5, 5.41) is 0.515. The standard InChI is InChI=1S/C16H16ClNO2/c1-20-16-7-6-13(17)9-14(16)15(19)8-11-4-2-3-5-12(11)10-18/h2-7,9H,8,10,18H2,1H3.